The lowest BCUT2D eigenvalue weighted by molar-refractivity contribution is -0.0967. The van der Waals surface area contributed by atoms with E-state index in [1.165, 1.54) is 0 Å². The number of carbonyl (C=O) groups is 1. The fourth-order valence-electron chi connectivity index (χ4n) is 5.23. The van der Waals surface area contributed by atoms with Crippen LogP contribution >= 0.6 is 0 Å². The third-order valence-electron chi connectivity index (χ3n) is 6.95. The Bertz CT molecular complexity index is 1130. The van der Waals surface area contributed by atoms with Gasteiger partial charge in [0.1, 0.15) is 5.60 Å². The van der Waals surface area contributed by atoms with E-state index in [0.29, 0.717) is 25.4 Å². The van der Waals surface area contributed by atoms with Gasteiger partial charge < -0.3 is 9.64 Å². The van der Waals surface area contributed by atoms with Gasteiger partial charge in [0, 0.05) is 36.1 Å². The Morgan fingerprint density at radius 3 is 2.77 bits per heavy atom. The van der Waals surface area contributed by atoms with Gasteiger partial charge in [-0.25, -0.2) is 9.97 Å². The lowest BCUT2D eigenvalue weighted by Gasteiger charge is -2.44. The van der Waals surface area contributed by atoms with E-state index in [1.54, 1.807) is 0 Å². The van der Waals surface area contributed by atoms with Crippen LogP contribution in [-0.2, 0) is 29.6 Å². The van der Waals surface area contributed by atoms with E-state index < -0.39 is 5.60 Å². The first-order chi connectivity index (χ1) is 15.2. The first-order valence-corrected chi connectivity index (χ1v) is 11.1. The summed E-state index contributed by atoms with van der Waals surface area (Å²) in [7, 11) is 0. The van der Waals surface area contributed by atoms with Crippen LogP contribution in [0.5, 0.6) is 0 Å². The highest BCUT2D eigenvalue weighted by molar-refractivity contribution is 5.94. The number of carbonyl (C=O) groups excluding carboxylic acids is 1. The summed E-state index contributed by atoms with van der Waals surface area (Å²) in [6.45, 7) is 1.96. The molecule has 7 heteroatoms. The summed E-state index contributed by atoms with van der Waals surface area (Å²) in [5.74, 6) is 0.771. The Morgan fingerprint density at radius 2 is 1.94 bits per heavy atom. The quantitative estimate of drug-likeness (QED) is 0.695. The van der Waals surface area contributed by atoms with Crippen LogP contribution in [0.4, 0.5) is 0 Å². The van der Waals surface area contributed by atoms with Gasteiger partial charge >= 0.3 is 0 Å². The second kappa shape index (κ2) is 7.27. The van der Waals surface area contributed by atoms with Gasteiger partial charge in [0.25, 0.3) is 5.91 Å². The molecule has 0 unspecified atom stereocenters. The highest BCUT2D eigenvalue weighted by Crippen LogP contribution is 2.41. The molecule has 0 atom stereocenters. The number of benzene rings is 1. The molecule has 1 N–H and O–H groups in total. The summed E-state index contributed by atoms with van der Waals surface area (Å²) in [6.07, 6.45) is 7.30. The number of aromatic amines is 1. The molecule has 1 aromatic carbocycles. The van der Waals surface area contributed by atoms with Gasteiger partial charge in [0.05, 0.1) is 12.3 Å². The van der Waals surface area contributed by atoms with Crippen LogP contribution in [0.3, 0.4) is 0 Å². The molecular weight excluding hydrogens is 390 g/mol. The number of amides is 1. The number of H-pyrrole nitrogens is 1. The van der Waals surface area contributed by atoms with Crippen molar-refractivity contribution in [3.05, 3.63) is 64.7 Å². The number of ether oxygens (including phenoxy) is 1. The van der Waals surface area contributed by atoms with Gasteiger partial charge in [-0.05, 0) is 44.1 Å². The molecule has 2 aromatic heterocycles. The van der Waals surface area contributed by atoms with Gasteiger partial charge in [-0.2, -0.15) is 5.10 Å². The summed E-state index contributed by atoms with van der Waals surface area (Å²) < 4.78 is 6.37. The zero-order valence-electron chi connectivity index (χ0n) is 17.4. The molecule has 0 radical (unpaired) electrons. The minimum atomic E-state index is -0.440. The molecule has 3 aromatic rings. The van der Waals surface area contributed by atoms with Crippen molar-refractivity contribution in [2.45, 2.75) is 44.1 Å². The van der Waals surface area contributed by atoms with Crippen molar-refractivity contribution in [1.82, 2.24) is 25.1 Å². The molecule has 1 aliphatic carbocycles. The van der Waals surface area contributed by atoms with Crippen LogP contribution in [0.2, 0.25) is 0 Å². The first kappa shape index (κ1) is 18.7. The van der Waals surface area contributed by atoms with Gasteiger partial charge in [0.2, 0.25) is 0 Å². The zero-order valence-corrected chi connectivity index (χ0v) is 17.4. The summed E-state index contributed by atoms with van der Waals surface area (Å²) >= 11 is 0. The summed E-state index contributed by atoms with van der Waals surface area (Å²) in [6, 6.07) is 10.1. The first-order valence-electron chi connectivity index (χ1n) is 11.1. The van der Waals surface area contributed by atoms with Gasteiger partial charge in [-0.1, -0.05) is 30.3 Å². The monoisotopic (exact) mass is 415 g/mol. The highest BCUT2D eigenvalue weighted by atomic mass is 16.5. The molecule has 1 fully saturated rings. The third kappa shape index (κ3) is 3.07. The van der Waals surface area contributed by atoms with Crippen LogP contribution < -0.4 is 0 Å². The number of nitrogens with one attached hydrogen (secondary N) is 1. The molecule has 1 saturated heterocycles. The van der Waals surface area contributed by atoms with Crippen molar-refractivity contribution in [3.63, 3.8) is 0 Å². The second-order valence-electron chi connectivity index (χ2n) is 8.70. The van der Waals surface area contributed by atoms with Crippen LogP contribution in [0.25, 0.3) is 11.4 Å². The Kier molecular flexibility index (Phi) is 4.38. The lowest BCUT2D eigenvalue weighted by Crippen LogP contribution is -2.49. The number of hydrogen-bond donors (Lipinski definition) is 1. The normalized spacial score (nSPS) is 19.3. The number of piperidine rings is 1. The molecule has 1 spiro atoms. The standard InChI is InChI=1S/C24H25N5O2/c30-23(20-18-7-4-8-19(18)27-28-20)29-12-10-24(11-13-29)21-17(9-14-31-24)15-25-22(26-21)16-5-2-1-3-6-16/h1-3,5-6,15H,4,7-14H2,(H,27,28). The van der Waals surface area contributed by atoms with Crippen molar-refractivity contribution in [1.29, 1.82) is 0 Å². The molecular formula is C24H25N5O2. The Morgan fingerprint density at radius 1 is 1.10 bits per heavy atom. The van der Waals surface area contributed by atoms with E-state index in [0.717, 1.165) is 72.4 Å². The molecule has 0 saturated carbocycles. The maximum Gasteiger partial charge on any atom is 0.274 e. The number of aryl methyl sites for hydroxylation is 1. The molecule has 6 rings (SSSR count). The third-order valence-corrected chi connectivity index (χ3v) is 6.95. The van der Waals surface area contributed by atoms with Crippen molar-refractivity contribution in [3.8, 4) is 11.4 Å². The molecule has 3 aliphatic rings. The molecule has 7 nitrogen and oxygen atoms in total. The number of fused-ring (bicyclic) bond motifs is 3. The fourth-order valence-corrected chi connectivity index (χ4v) is 5.23. The van der Waals surface area contributed by atoms with Crippen molar-refractivity contribution in [2.24, 2.45) is 0 Å². The Hall–Kier alpha value is -3.06. The van der Waals surface area contributed by atoms with Crippen molar-refractivity contribution >= 4 is 5.91 Å². The largest absolute Gasteiger partial charge is 0.368 e. The highest BCUT2D eigenvalue weighted by Gasteiger charge is 2.44. The maximum atomic E-state index is 13.2. The SMILES string of the molecule is O=C(c1n[nH]c2c1CCC2)N1CCC2(CC1)OCCc1cnc(-c3ccccc3)nc12. The topological polar surface area (TPSA) is 84.0 Å². The van der Waals surface area contributed by atoms with Gasteiger partial charge in [0.15, 0.2) is 11.5 Å². The van der Waals surface area contributed by atoms with E-state index in [4.69, 9.17) is 9.72 Å². The Balaban J connectivity index is 1.26. The average molecular weight is 415 g/mol. The maximum absolute atomic E-state index is 13.2. The predicted molar refractivity (Wildman–Crippen MR) is 115 cm³/mol. The van der Waals surface area contributed by atoms with Gasteiger partial charge in [-0.15, -0.1) is 0 Å². The van der Waals surface area contributed by atoms with Crippen LogP contribution in [0.1, 0.15) is 52.3 Å². The molecule has 0 bridgehead atoms. The molecule has 4 heterocycles. The number of nitrogens with zero attached hydrogens (tertiary/aromatic N) is 4. The minimum Gasteiger partial charge on any atom is -0.368 e. The second-order valence-corrected chi connectivity index (χ2v) is 8.70. The summed E-state index contributed by atoms with van der Waals surface area (Å²) in [4.78, 5) is 24.7. The molecule has 31 heavy (non-hydrogen) atoms. The molecule has 2 aliphatic heterocycles. The van der Waals surface area contributed by atoms with Crippen molar-refractivity contribution < 1.29 is 9.53 Å². The van der Waals surface area contributed by atoms with E-state index in [9.17, 15) is 4.79 Å². The summed E-state index contributed by atoms with van der Waals surface area (Å²) in [5.41, 5.74) is 5.59. The number of likely N-dealkylation sites (tertiary alicyclic amines) is 1. The minimum absolute atomic E-state index is 0.0398. The fraction of sp³-hybridized carbons (Fsp3) is 0.417. The Labute approximate surface area is 180 Å². The summed E-state index contributed by atoms with van der Waals surface area (Å²) in [5, 5.41) is 7.39. The molecule has 1 amide bonds. The van der Waals surface area contributed by atoms with Crippen molar-refractivity contribution in [2.75, 3.05) is 19.7 Å². The van der Waals surface area contributed by atoms with Crippen LogP contribution in [0, 0.1) is 0 Å². The van der Waals surface area contributed by atoms with Gasteiger partial charge in [-0.3, -0.25) is 9.89 Å². The van der Waals surface area contributed by atoms with E-state index >= 15 is 0 Å². The number of rotatable bonds is 2. The lowest BCUT2D eigenvalue weighted by atomic mass is 9.83. The van der Waals surface area contributed by atoms with E-state index in [-0.39, 0.29) is 5.91 Å². The van der Waals surface area contributed by atoms with Crippen LogP contribution in [-0.4, -0.2) is 50.7 Å². The van der Waals surface area contributed by atoms with E-state index in [1.807, 2.05) is 41.4 Å². The predicted octanol–water partition coefficient (Wildman–Crippen LogP) is 3.06. The van der Waals surface area contributed by atoms with Crippen LogP contribution in [0.15, 0.2) is 36.5 Å². The number of hydrogen-bond acceptors (Lipinski definition) is 5. The molecule has 158 valence electrons. The zero-order chi connectivity index (χ0) is 20.8. The smallest absolute Gasteiger partial charge is 0.274 e. The number of aromatic nitrogens is 4. The average Bonchev–Trinajstić information content (AvgIpc) is 3.44. The van der Waals surface area contributed by atoms with E-state index in [2.05, 4.69) is 15.2 Å².